The van der Waals surface area contributed by atoms with Gasteiger partial charge >= 0.3 is 5.97 Å². The van der Waals surface area contributed by atoms with Gasteiger partial charge in [0.05, 0.1) is 6.61 Å². The monoisotopic (exact) mass is 208 g/mol. The maximum absolute atomic E-state index is 11.5. The first kappa shape index (κ1) is 11.6. The molecule has 0 heterocycles. The standard InChI is InChI=1S/C12H16O3/c1-3-9(2)8-15-12(14)10-6-4-5-7-11(10)13/h4-7,9,13H,3,8H2,1-2H3/t9-/m0/s1. The number of rotatable bonds is 4. The summed E-state index contributed by atoms with van der Waals surface area (Å²) in [6.45, 7) is 4.44. The molecule has 1 rings (SSSR count). The Morgan fingerprint density at radius 2 is 2.13 bits per heavy atom. The Balaban J connectivity index is 2.58. The number of carbonyl (C=O) groups is 1. The number of hydrogen-bond acceptors (Lipinski definition) is 3. The van der Waals surface area contributed by atoms with E-state index < -0.39 is 5.97 Å². The lowest BCUT2D eigenvalue weighted by Crippen LogP contribution is -2.11. The first-order valence-electron chi connectivity index (χ1n) is 5.10. The molecule has 0 amide bonds. The van der Waals surface area contributed by atoms with Crippen LogP contribution in [0.15, 0.2) is 24.3 Å². The zero-order valence-electron chi connectivity index (χ0n) is 9.06. The zero-order chi connectivity index (χ0) is 11.3. The number of phenolic OH excluding ortho intramolecular Hbond substituents is 1. The fourth-order valence-electron chi connectivity index (χ4n) is 1.06. The van der Waals surface area contributed by atoms with Gasteiger partial charge in [-0.3, -0.25) is 0 Å². The predicted octanol–water partition coefficient (Wildman–Crippen LogP) is 2.60. The Hall–Kier alpha value is -1.51. The van der Waals surface area contributed by atoms with E-state index in [4.69, 9.17) is 4.74 Å². The van der Waals surface area contributed by atoms with Crippen LogP contribution in [0.3, 0.4) is 0 Å². The van der Waals surface area contributed by atoms with Crippen LogP contribution >= 0.6 is 0 Å². The summed E-state index contributed by atoms with van der Waals surface area (Å²) in [4.78, 5) is 11.5. The van der Waals surface area contributed by atoms with E-state index in [1.54, 1.807) is 18.2 Å². The van der Waals surface area contributed by atoms with Gasteiger partial charge in [-0.1, -0.05) is 32.4 Å². The van der Waals surface area contributed by atoms with Crippen LogP contribution in [0.25, 0.3) is 0 Å². The molecule has 0 unspecified atom stereocenters. The van der Waals surface area contributed by atoms with Gasteiger partial charge in [-0.15, -0.1) is 0 Å². The van der Waals surface area contributed by atoms with Gasteiger partial charge in [-0.2, -0.15) is 0 Å². The van der Waals surface area contributed by atoms with E-state index in [0.29, 0.717) is 12.5 Å². The number of benzene rings is 1. The van der Waals surface area contributed by atoms with Crippen molar-refractivity contribution in [2.45, 2.75) is 20.3 Å². The van der Waals surface area contributed by atoms with Crippen LogP contribution in [0.2, 0.25) is 0 Å². The highest BCUT2D eigenvalue weighted by Crippen LogP contribution is 2.17. The number of ether oxygens (including phenoxy) is 1. The Morgan fingerprint density at radius 1 is 1.47 bits per heavy atom. The maximum Gasteiger partial charge on any atom is 0.341 e. The molecule has 82 valence electrons. The molecule has 1 aromatic carbocycles. The van der Waals surface area contributed by atoms with Crippen LogP contribution in [-0.2, 0) is 4.74 Å². The molecular weight excluding hydrogens is 192 g/mol. The molecule has 0 aromatic heterocycles. The van der Waals surface area contributed by atoms with Crippen LogP contribution in [0.1, 0.15) is 30.6 Å². The molecule has 0 saturated heterocycles. The van der Waals surface area contributed by atoms with Gasteiger partial charge in [0.15, 0.2) is 0 Å². The molecule has 0 radical (unpaired) electrons. The first-order chi connectivity index (χ1) is 7.15. The summed E-state index contributed by atoms with van der Waals surface area (Å²) in [6.07, 6.45) is 0.966. The molecule has 0 aliphatic carbocycles. The lowest BCUT2D eigenvalue weighted by molar-refractivity contribution is 0.0444. The average molecular weight is 208 g/mol. The number of phenols is 1. The van der Waals surface area contributed by atoms with Crippen molar-refractivity contribution in [3.05, 3.63) is 29.8 Å². The largest absolute Gasteiger partial charge is 0.507 e. The fourth-order valence-corrected chi connectivity index (χ4v) is 1.06. The Kier molecular flexibility index (Phi) is 4.16. The van der Waals surface area contributed by atoms with Crippen LogP contribution < -0.4 is 0 Å². The summed E-state index contributed by atoms with van der Waals surface area (Å²) in [6, 6.07) is 6.38. The molecule has 0 aliphatic heterocycles. The SMILES string of the molecule is CC[C@H](C)COC(=O)c1ccccc1O. The van der Waals surface area contributed by atoms with E-state index in [0.717, 1.165) is 6.42 Å². The van der Waals surface area contributed by atoms with E-state index >= 15 is 0 Å². The number of para-hydroxylation sites is 1. The fraction of sp³-hybridized carbons (Fsp3) is 0.417. The van der Waals surface area contributed by atoms with Gasteiger partial charge in [-0.05, 0) is 18.1 Å². The molecular formula is C12H16O3. The van der Waals surface area contributed by atoms with Crippen LogP contribution in [0, 0.1) is 5.92 Å². The average Bonchev–Trinajstić information content (AvgIpc) is 2.26. The molecule has 1 atom stereocenters. The van der Waals surface area contributed by atoms with Crippen molar-refractivity contribution in [2.75, 3.05) is 6.61 Å². The highest BCUT2D eigenvalue weighted by Gasteiger charge is 2.12. The summed E-state index contributed by atoms with van der Waals surface area (Å²) in [5, 5.41) is 9.40. The minimum Gasteiger partial charge on any atom is -0.507 e. The molecule has 0 aliphatic rings. The van der Waals surface area contributed by atoms with E-state index in [1.807, 2.05) is 13.8 Å². The second-order valence-corrected chi connectivity index (χ2v) is 3.63. The van der Waals surface area contributed by atoms with Gasteiger partial charge in [-0.25, -0.2) is 4.79 Å². The summed E-state index contributed by atoms with van der Waals surface area (Å²) in [5.74, 6) is -0.153. The summed E-state index contributed by atoms with van der Waals surface area (Å²) in [5.41, 5.74) is 0.223. The van der Waals surface area contributed by atoms with Gasteiger partial charge in [0, 0.05) is 0 Å². The van der Waals surface area contributed by atoms with E-state index in [9.17, 15) is 9.90 Å². The normalized spacial score (nSPS) is 12.1. The number of aromatic hydroxyl groups is 1. The number of carbonyl (C=O) groups excluding carboxylic acids is 1. The molecule has 0 bridgehead atoms. The molecule has 1 N–H and O–H groups in total. The summed E-state index contributed by atoms with van der Waals surface area (Å²) < 4.78 is 5.06. The molecule has 3 heteroatoms. The third-order valence-corrected chi connectivity index (χ3v) is 2.32. The van der Waals surface area contributed by atoms with Crippen LogP contribution in [0.4, 0.5) is 0 Å². The van der Waals surface area contributed by atoms with Crippen molar-refractivity contribution in [3.8, 4) is 5.75 Å². The Morgan fingerprint density at radius 3 is 2.73 bits per heavy atom. The van der Waals surface area contributed by atoms with E-state index in [-0.39, 0.29) is 11.3 Å². The lowest BCUT2D eigenvalue weighted by atomic mass is 10.1. The van der Waals surface area contributed by atoms with Crippen molar-refractivity contribution in [2.24, 2.45) is 5.92 Å². The molecule has 0 spiro atoms. The van der Waals surface area contributed by atoms with Crippen LogP contribution in [0.5, 0.6) is 5.75 Å². The number of esters is 1. The molecule has 0 fully saturated rings. The Labute approximate surface area is 89.7 Å². The van der Waals surface area contributed by atoms with E-state index in [2.05, 4.69) is 0 Å². The van der Waals surface area contributed by atoms with Gasteiger partial charge < -0.3 is 9.84 Å². The zero-order valence-corrected chi connectivity index (χ0v) is 9.06. The number of hydrogen-bond donors (Lipinski definition) is 1. The summed E-state index contributed by atoms with van der Waals surface area (Å²) in [7, 11) is 0. The van der Waals surface area contributed by atoms with E-state index in [1.165, 1.54) is 6.07 Å². The van der Waals surface area contributed by atoms with Crippen molar-refractivity contribution >= 4 is 5.97 Å². The highest BCUT2D eigenvalue weighted by atomic mass is 16.5. The third kappa shape index (κ3) is 3.27. The van der Waals surface area contributed by atoms with Gasteiger partial charge in [0.25, 0.3) is 0 Å². The summed E-state index contributed by atoms with van der Waals surface area (Å²) >= 11 is 0. The predicted molar refractivity (Wildman–Crippen MR) is 57.8 cm³/mol. The molecule has 0 saturated carbocycles. The first-order valence-corrected chi connectivity index (χ1v) is 5.10. The molecule has 3 nitrogen and oxygen atoms in total. The van der Waals surface area contributed by atoms with Crippen molar-refractivity contribution < 1.29 is 14.6 Å². The minimum absolute atomic E-state index is 0.0355. The quantitative estimate of drug-likeness (QED) is 0.773. The molecule has 15 heavy (non-hydrogen) atoms. The highest BCUT2D eigenvalue weighted by molar-refractivity contribution is 5.92. The van der Waals surface area contributed by atoms with Gasteiger partial charge in [0.2, 0.25) is 0 Å². The topological polar surface area (TPSA) is 46.5 Å². The smallest absolute Gasteiger partial charge is 0.341 e. The van der Waals surface area contributed by atoms with Crippen molar-refractivity contribution in [3.63, 3.8) is 0 Å². The maximum atomic E-state index is 11.5. The third-order valence-electron chi connectivity index (χ3n) is 2.32. The minimum atomic E-state index is -0.464. The Bertz CT molecular complexity index is 333. The van der Waals surface area contributed by atoms with Crippen molar-refractivity contribution in [1.29, 1.82) is 0 Å². The van der Waals surface area contributed by atoms with Crippen molar-refractivity contribution in [1.82, 2.24) is 0 Å². The second kappa shape index (κ2) is 5.39. The molecule has 1 aromatic rings. The van der Waals surface area contributed by atoms with Crippen LogP contribution in [-0.4, -0.2) is 17.7 Å². The second-order valence-electron chi connectivity index (χ2n) is 3.63. The lowest BCUT2D eigenvalue weighted by Gasteiger charge is -2.09. The van der Waals surface area contributed by atoms with Gasteiger partial charge in [0.1, 0.15) is 11.3 Å².